The maximum Gasteiger partial charge on any atom is 0.146 e. The number of benzene rings is 1. The van der Waals surface area contributed by atoms with Crippen LogP contribution in [0.15, 0.2) is 48.7 Å². The van der Waals surface area contributed by atoms with Crippen molar-refractivity contribution in [2.24, 2.45) is 0 Å². The zero-order chi connectivity index (χ0) is 13.1. The molecule has 3 rings (SSSR count). The van der Waals surface area contributed by atoms with Crippen molar-refractivity contribution in [2.45, 2.75) is 18.9 Å². The van der Waals surface area contributed by atoms with Crippen LogP contribution in [0.4, 0.5) is 0 Å². The molecule has 0 atom stereocenters. The minimum absolute atomic E-state index is 0.537. The molecule has 98 valence electrons. The largest absolute Gasteiger partial charge is 0.487 e. The number of ether oxygens (including phenoxy) is 1. The number of para-hydroxylation sites is 1. The van der Waals surface area contributed by atoms with Crippen molar-refractivity contribution in [3.63, 3.8) is 0 Å². The van der Waals surface area contributed by atoms with E-state index in [2.05, 4.69) is 16.9 Å². The predicted octanol–water partition coefficient (Wildman–Crippen LogP) is 2.92. The zero-order valence-electron chi connectivity index (χ0n) is 10.9. The third-order valence-electron chi connectivity index (χ3n) is 3.25. The molecule has 0 saturated heterocycles. The van der Waals surface area contributed by atoms with Gasteiger partial charge in [-0.15, -0.1) is 0 Å². The van der Waals surface area contributed by atoms with Crippen molar-refractivity contribution in [3.05, 3.63) is 48.7 Å². The van der Waals surface area contributed by atoms with E-state index >= 15 is 0 Å². The van der Waals surface area contributed by atoms with Gasteiger partial charge < -0.3 is 10.1 Å². The van der Waals surface area contributed by atoms with Gasteiger partial charge in [0.1, 0.15) is 17.9 Å². The fourth-order valence-corrected chi connectivity index (χ4v) is 2.00. The molecule has 0 radical (unpaired) electrons. The maximum absolute atomic E-state index is 5.83. The van der Waals surface area contributed by atoms with Crippen molar-refractivity contribution >= 4 is 10.9 Å². The average Bonchev–Trinajstić information content (AvgIpc) is 3.27. The molecule has 1 heterocycles. The van der Waals surface area contributed by atoms with Crippen LogP contribution in [0.3, 0.4) is 0 Å². The summed E-state index contributed by atoms with van der Waals surface area (Å²) in [6.45, 7) is 5.41. The summed E-state index contributed by atoms with van der Waals surface area (Å²) in [4.78, 5) is 4.37. The Labute approximate surface area is 113 Å². The highest BCUT2D eigenvalue weighted by Gasteiger charge is 2.20. The van der Waals surface area contributed by atoms with Crippen LogP contribution in [-0.4, -0.2) is 24.2 Å². The van der Waals surface area contributed by atoms with E-state index in [1.54, 1.807) is 6.20 Å². The molecule has 1 aliphatic rings. The summed E-state index contributed by atoms with van der Waals surface area (Å²) >= 11 is 0. The van der Waals surface area contributed by atoms with Gasteiger partial charge >= 0.3 is 0 Å². The Bertz CT molecular complexity index is 585. The van der Waals surface area contributed by atoms with Crippen LogP contribution < -0.4 is 10.1 Å². The fraction of sp³-hybridized carbons (Fsp3) is 0.312. The van der Waals surface area contributed by atoms with E-state index < -0.39 is 0 Å². The molecule has 19 heavy (non-hydrogen) atoms. The van der Waals surface area contributed by atoms with Crippen LogP contribution in [0, 0.1) is 0 Å². The number of aromatic nitrogens is 1. The molecule has 2 aromatic rings. The van der Waals surface area contributed by atoms with E-state index in [0.29, 0.717) is 12.6 Å². The first-order valence-corrected chi connectivity index (χ1v) is 6.69. The lowest BCUT2D eigenvalue weighted by molar-refractivity contribution is 0.351. The van der Waals surface area contributed by atoms with Crippen molar-refractivity contribution < 1.29 is 4.74 Å². The minimum Gasteiger partial charge on any atom is -0.487 e. The Morgan fingerprint density at radius 2 is 2.16 bits per heavy atom. The molecule has 1 N–H and O–H groups in total. The van der Waals surface area contributed by atoms with Crippen LogP contribution >= 0.6 is 0 Å². The van der Waals surface area contributed by atoms with E-state index in [4.69, 9.17) is 4.74 Å². The Morgan fingerprint density at radius 1 is 1.32 bits per heavy atom. The summed E-state index contributed by atoms with van der Waals surface area (Å²) in [7, 11) is 0. The average molecular weight is 254 g/mol. The minimum atomic E-state index is 0.537. The number of nitrogens with one attached hydrogen (secondary N) is 1. The molecule has 0 unspecified atom stereocenters. The van der Waals surface area contributed by atoms with E-state index in [-0.39, 0.29) is 0 Å². The number of hydrogen-bond donors (Lipinski definition) is 1. The lowest BCUT2D eigenvalue weighted by atomic mass is 10.2. The van der Waals surface area contributed by atoms with Crippen molar-refractivity contribution in [3.8, 4) is 5.75 Å². The number of fused-ring (bicyclic) bond motifs is 1. The number of pyridine rings is 1. The normalized spacial score (nSPS) is 14.5. The molecule has 1 aromatic heterocycles. The first-order valence-electron chi connectivity index (χ1n) is 6.69. The van der Waals surface area contributed by atoms with Crippen LogP contribution in [-0.2, 0) is 0 Å². The van der Waals surface area contributed by atoms with Gasteiger partial charge in [0.25, 0.3) is 0 Å². The highest BCUT2D eigenvalue weighted by Crippen LogP contribution is 2.23. The van der Waals surface area contributed by atoms with Crippen LogP contribution in [0.1, 0.15) is 12.8 Å². The van der Waals surface area contributed by atoms with E-state index in [9.17, 15) is 0 Å². The summed E-state index contributed by atoms with van der Waals surface area (Å²) in [5.74, 6) is 0.825. The topological polar surface area (TPSA) is 34.1 Å². The summed E-state index contributed by atoms with van der Waals surface area (Å²) in [5.41, 5.74) is 1.98. The molecule has 1 fully saturated rings. The van der Waals surface area contributed by atoms with Crippen LogP contribution in [0.5, 0.6) is 5.75 Å². The molecule has 3 heteroatoms. The molecule has 1 saturated carbocycles. The van der Waals surface area contributed by atoms with Gasteiger partial charge in [-0.1, -0.05) is 24.8 Å². The van der Waals surface area contributed by atoms with E-state index in [1.165, 1.54) is 12.8 Å². The third-order valence-corrected chi connectivity index (χ3v) is 3.25. The van der Waals surface area contributed by atoms with Gasteiger partial charge in [0.2, 0.25) is 0 Å². The van der Waals surface area contributed by atoms with E-state index in [1.807, 2.05) is 30.3 Å². The Balaban J connectivity index is 1.62. The van der Waals surface area contributed by atoms with Crippen molar-refractivity contribution in [1.29, 1.82) is 0 Å². The second-order valence-electron chi connectivity index (χ2n) is 5.03. The Kier molecular flexibility index (Phi) is 3.47. The molecule has 1 aromatic carbocycles. The summed E-state index contributed by atoms with van der Waals surface area (Å²) in [6.07, 6.45) is 4.38. The first-order chi connectivity index (χ1) is 9.33. The molecule has 0 amide bonds. The summed E-state index contributed by atoms with van der Waals surface area (Å²) < 4.78 is 5.83. The van der Waals surface area contributed by atoms with Crippen molar-refractivity contribution in [2.75, 3.05) is 13.2 Å². The predicted molar refractivity (Wildman–Crippen MR) is 77.4 cm³/mol. The smallest absolute Gasteiger partial charge is 0.146 e. The Hall–Kier alpha value is -1.87. The Morgan fingerprint density at radius 3 is 3.00 bits per heavy atom. The fourth-order valence-electron chi connectivity index (χ4n) is 2.00. The molecule has 3 nitrogen and oxygen atoms in total. The van der Waals surface area contributed by atoms with Crippen molar-refractivity contribution in [1.82, 2.24) is 10.3 Å². The molecule has 1 aliphatic carbocycles. The van der Waals surface area contributed by atoms with Crippen LogP contribution in [0.25, 0.3) is 10.9 Å². The summed E-state index contributed by atoms with van der Waals surface area (Å²) in [5, 5.41) is 4.53. The third kappa shape index (κ3) is 3.12. The molecule has 0 bridgehead atoms. The molecular formula is C16H18N2O. The number of hydrogen-bond acceptors (Lipinski definition) is 3. The SMILES string of the molecule is C=C(CNC1CC1)COc1cccc2cccnc12. The van der Waals surface area contributed by atoms with Crippen LogP contribution in [0.2, 0.25) is 0 Å². The molecule has 0 aliphatic heterocycles. The number of rotatable bonds is 6. The second kappa shape index (κ2) is 5.41. The zero-order valence-corrected chi connectivity index (χ0v) is 10.9. The molecular weight excluding hydrogens is 236 g/mol. The first kappa shape index (κ1) is 12.2. The highest BCUT2D eigenvalue weighted by atomic mass is 16.5. The monoisotopic (exact) mass is 254 g/mol. The van der Waals surface area contributed by atoms with Gasteiger partial charge in [-0.05, 0) is 30.5 Å². The van der Waals surface area contributed by atoms with Gasteiger partial charge in [0, 0.05) is 24.2 Å². The lowest BCUT2D eigenvalue weighted by Crippen LogP contribution is -2.21. The van der Waals surface area contributed by atoms with Gasteiger partial charge in [-0.25, -0.2) is 0 Å². The maximum atomic E-state index is 5.83. The summed E-state index contributed by atoms with van der Waals surface area (Å²) in [6, 6.07) is 10.7. The van der Waals surface area contributed by atoms with Gasteiger partial charge in [-0.3, -0.25) is 4.98 Å². The molecule has 0 spiro atoms. The van der Waals surface area contributed by atoms with Gasteiger partial charge in [0.15, 0.2) is 0 Å². The quantitative estimate of drug-likeness (QED) is 0.805. The standard InChI is InChI=1S/C16H18N2O/c1-12(10-18-14-7-8-14)11-19-15-6-2-4-13-5-3-9-17-16(13)15/h2-6,9,14,18H,1,7-8,10-11H2. The second-order valence-corrected chi connectivity index (χ2v) is 5.03. The highest BCUT2D eigenvalue weighted by molar-refractivity contribution is 5.84. The van der Waals surface area contributed by atoms with E-state index in [0.717, 1.165) is 28.8 Å². The van der Waals surface area contributed by atoms with Gasteiger partial charge in [0.05, 0.1) is 0 Å². The van der Waals surface area contributed by atoms with Gasteiger partial charge in [-0.2, -0.15) is 0 Å². The number of nitrogens with zero attached hydrogens (tertiary/aromatic N) is 1. The lowest BCUT2D eigenvalue weighted by Gasteiger charge is -2.11.